The number of nitro benzene ring substituents is 1. The lowest BCUT2D eigenvalue weighted by molar-refractivity contribution is -0.384. The van der Waals surface area contributed by atoms with Gasteiger partial charge < -0.3 is 24.4 Å². The zero-order valence-electron chi connectivity index (χ0n) is 16.8. The van der Waals surface area contributed by atoms with E-state index in [2.05, 4.69) is 5.32 Å². The smallest absolute Gasteiger partial charge is 0.339 e. The van der Waals surface area contributed by atoms with Crippen molar-refractivity contribution in [1.82, 2.24) is 0 Å². The van der Waals surface area contributed by atoms with Crippen LogP contribution in [-0.2, 0) is 9.53 Å². The molecule has 0 radical (unpaired) electrons. The Morgan fingerprint density at radius 1 is 1.13 bits per heavy atom. The van der Waals surface area contributed by atoms with Crippen molar-refractivity contribution in [3.05, 3.63) is 52.1 Å². The van der Waals surface area contributed by atoms with Crippen LogP contribution in [0.5, 0.6) is 11.5 Å². The van der Waals surface area contributed by atoms with Gasteiger partial charge in [0.2, 0.25) is 6.79 Å². The van der Waals surface area contributed by atoms with E-state index in [1.165, 1.54) is 19.1 Å². The molecule has 162 valence electrons. The predicted molar refractivity (Wildman–Crippen MR) is 111 cm³/mol. The van der Waals surface area contributed by atoms with Crippen LogP contribution in [-0.4, -0.2) is 42.8 Å². The average Bonchev–Trinajstić information content (AvgIpc) is 3.44. The van der Waals surface area contributed by atoms with E-state index in [1.54, 1.807) is 24.3 Å². The number of carbonyl (C=O) groups is 2. The number of nitrogens with zero attached hydrogens (tertiary/aromatic N) is 2. The van der Waals surface area contributed by atoms with Crippen molar-refractivity contribution in [3.63, 3.8) is 0 Å². The Hall–Kier alpha value is -3.82. The number of benzene rings is 2. The second kappa shape index (κ2) is 8.50. The average molecular weight is 427 g/mol. The normalized spacial score (nSPS) is 15.5. The van der Waals surface area contributed by atoms with Crippen molar-refractivity contribution < 1.29 is 28.7 Å². The monoisotopic (exact) mass is 427 g/mol. The Labute approximate surface area is 177 Å². The summed E-state index contributed by atoms with van der Waals surface area (Å²) < 4.78 is 15.7. The summed E-state index contributed by atoms with van der Waals surface area (Å²) in [7, 11) is 0. The number of amides is 1. The van der Waals surface area contributed by atoms with Gasteiger partial charge in [0, 0.05) is 30.9 Å². The molecule has 2 aliphatic heterocycles. The molecule has 10 nitrogen and oxygen atoms in total. The first-order valence-corrected chi connectivity index (χ1v) is 9.87. The fourth-order valence-corrected chi connectivity index (χ4v) is 3.52. The Morgan fingerprint density at radius 3 is 2.61 bits per heavy atom. The Kier molecular flexibility index (Phi) is 5.61. The molecule has 1 amide bonds. The summed E-state index contributed by atoms with van der Waals surface area (Å²) in [6.45, 7) is 3.01. The number of hydrogen-bond donors (Lipinski definition) is 1. The molecule has 0 aliphatic carbocycles. The molecule has 31 heavy (non-hydrogen) atoms. The first-order valence-electron chi connectivity index (χ1n) is 9.87. The first kappa shape index (κ1) is 20.5. The Balaban J connectivity index is 1.42. The summed E-state index contributed by atoms with van der Waals surface area (Å²) in [5.74, 6) is -0.274. The van der Waals surface area contributed by atoms with Gasteiger partial charge in [0.1, 0.15) is 5.69 Å². The van der Waals surface area contributed by atoms with Crippen molar-refractivity contribution in [2.24, 2.45) is 0 Å². The van der Waals surface area contributed by atoms with E-state index >= 15 is 0 Å². The molecule has 2 aromatic rings. The summed E-state index contributed by atoms with van der Waals surface area (Å²) in [6, 6.07) is 9.13. The molecule has 2 heterocycles. The number of carbonyl (C=O) groups excluding carboxylic acids is 2. The molecule has 0 bridgehead atoms. The molecule has 2 aliphatic rings. The van der Waals surface area contributed by atoms with E-state index in [0.717, 1.165) is 25.9 Å². The third-order valence-electron chi connectivity index (χ3n) is 5.15. The number of nitro groups is 1. The lowest BCUT2D eigenvalue weighted by Crippen LogP contribution is -2.30. The first-order chi connectivity index (χ1) is 14.9. The molecule has 4 rings (SSSR count). The van der Waals surface area contributed by atoms with Crippen LogP contribution in [0.4, 0.5) is 17.1 Å². The number of fused-ring (bicyclic) bond motifs is 1. The molecular weight excluding hydrogens is 406 g/mol. The van der Waals surface area contributed by atoms with Gasteiger partial charge in [-0.15, -0.1) is 0 Å². The summed E-state index contributed by atoms with van der Waals surface area (Å²) in [6.07, 6.45) is 0.823. The van der Waals surface area contributed by atoms with Crippen molar-refractivity contribution in [1.29, 1.82) is 0 Å². The van der Waals surface area contributed by atoms with Crippen LogP contribution >= 0.6 is 0 Å². The molecule has 10 heteroatoms. The number of anilines is 2. The lowest BCUT2D eigenvalue weighted by Gasteiger charge is -2.18. The molecule has 1 fully saturated rings. The van der Waals surface area contributed by atoms with Gasteiger partial charge in [-0.2, -0.15) is 0 Å². The van der Waals surface area contributed by atoms with Crippen LogP contribution in [0.2, 0.25) is 0 Å². The lowest BCUT2D eigenvalue weighted by atomic mass is 10.1. The Morgan fingerprint density at radius 2 is 1.87 bits per heavy atom. The van der Waals surface area contributed by atoms with E-state index in [9.17, 15) is 19.7 Å². The minimum Gasteiger partial charge on any atom is -0.454 e. The maximum atomic E-state index is 12.5. The van der Waals surface area contributed by atoms with Gasteiger partial charge in [0.15, 0.2) is 17.6 Å². The highest BCUT2D eigenvalue weighted by Crippen LogP contribution is 2.34. The maximum Gasteiger partial charge on any atom is 0.339 e. The van der Waals surface area contributed by atoms with E-state index in [4.69, 9.17) is 14.2 Å². The summed E-state index contributed by atoms with van der Waals surface area (Å²) in [5.41, 5.74) is 0.793. The van der Waals surface area contributed by atoms with E-state index < -0.39 is 22.9 Å². The van der Waals surface area contributed by atoms with Crippen molar-refractivity contribution in [3.8, 4) is 11.5 Å². The summed E-state index contributed by atoms with van der Waals surface area (Å²) in [4.78, 5) is 37.8. The molecule has 1 unspecified atom stereocenters. The van der Waals surface area contributed by atoms with Crippen LogP contribution in [0.25, 0.3) is 0 Å². The predicted octanol–water partition coefficient (Wildman–Crippen LogP) is 3.11. The fraction of sp³-hybridized carbons (Fsp3) is 0.333. The van der Waals surface area contributed by atoms with Gasteiger partial charge in [-0.05, 0) is 44.0 Å². The standard InChI is InChI=1S/C21H21N3O7/c1-13(20(25)22-15-5-7-18-19(11-15)30-12-29-18)31-21(26)14-4-6-16(17(10-14)24(27)28)23-8-2-3-9-23/h4-7,10-11,13H,2-3,8-9,12H2,1H3,(H,22,25). The second-order valence-corrected chi connectivity index (χ2v) is 7.26. The van der Waals surface area contributed by atoms with Crippen LogP contribution in [0.3, 0.4) is 0 Å². The minimum atomic E-state index is -1.12. The molecule has 1 saturated heterocycles. The zero-order valence-corrected chi connectivity index (χ0v) is 16.8. The largest absolute Gasteiger partial charge is 0.454 e. The highest BCUT2D eigenvalue weighted by Gasteiger charge is 2.26. The zero-order chi connectivity index (χ0) is 22.0. The van der Waals surface area contributed by atoms with Crippen LogP contribution < -0.4 is 19.7 Å². The van der Waals surface area contributed by atoms with Crippen molar-refractivity contribution >= 4 is 28.9 Å². The highest BCUT2D eigenvalue weighted by molar-refractivity contribution is 5.98. The number of ether oxygens (including phenoxy) is 3. The third kappa shape index (κ3) is 4.37. The maximum absolute atomic E-state index is 12.5. The van der Waals surface area contributed by atoms with E-state index in [1.807, 2.05) is 4.90 Å². The van der Waals surface area contributed by atoms with Gasteiger partial charge in [-0.3, -0.25) is 14.9 Å². The van der Waals surface area contributed by atoms with Gasteiger partial charge in [-0.1, -0.05) is 0 Å². The highest BCUT2D eigenvalue weighted by atomic mass is 16.7. The summed E-state index contributed by atoms with van der Waals surface area (Å²) in [5, 5.41) is 14.1. The third-order valence-corrected chi connectivity index (χ3v) is 5.15. The quantitative estimate of drug-likeness (QED) is 0.424. The number of rotatable bonds is 6. The molecule has 1 atom stereocenters. The van der Waals surface area contributed by atoms with Crippen molar-refractivity contribution in [2.75, 3.05) is 30.1 Å². The molecule has 0 saturated carbocycles. The van der Waals surface area contributed by atoms with Gasteiger partial charge in [0.25, 0.3) is 11.6 Å². The molecule has 1 N–H and O–H groups in total. The fourth-order valence-electron chi connectivity index (χ4n) is 3.52. The van der Waals surface area contributed by atoms with Crippen LogP contribution in [0.15, 0.2) is 36.4 Å². The van der Waals surface area contributed by atoms with Gasteiger partial charge in [0.05, 0.1) is 10.5 Å². The SMILES string of the molecule is CC(OC(=O)c1ccc(N2CCCC2)c([N+](=O)[O-])c1)C(=O)Nc1ccc2c(c1)OCO2. The second-order valence-electron chi connectivity index (χ2n) is 7.26. The molecule has 2 aromatic carbocycles. The van der Waals surface area contributed by atoms with Crippen molar-refractivity contribution in [2.45, 2.75) is 25.9 Å². The molecular formula is C21H21N3O7. The van der Waals surface area contributed by atoms with Gasteiger partial charge in [-0.25, -0.2) is 4.79 Å². The molecule has 0 spiro atoms. The number of nitrogens with one attached hydrogen (secondary N) is 1. The summed E-state index contributed by atoms with van der Waals surface area (Å²) >= 11 is 0. The van der Waals surface area contributed by atoms with E-state index in [-0.39, 0.29) is 18.0 Å². The number of esters is 1. The van der Waals surface area contributed by atoms with Crippen LogP contribution in [0, 0.1) is 10.1 Å². The topological polar surface area (TPSA) is 120 Å². The van der Waals surface area contributed by atoms with E-state index in [0.29, 0.717) is 22.9 Å². The van der Waals surface area contributed by atoms with Gasteiger partial charge >= 0.3 is 5.97 Å². The Bertz CT molecular complexity index is 1030. The minimum absolute atomic E-state index is 0.0115. The number of hydrogen-bond acceptors (Lipinski definition) is 8. The van der Waals surface area contributed by atoms with Crippen LogP contribution in [0.1, 0.15) is 30.1 Å². The molecule has 0 aromatic heterocycles.